The van der Waals surface area contributed by atoms with Gasteiger partial charge in [-0.1, -0.05) is 11.8 Å². The molecule has 1 aromatic heterocycles. The van der Waals surface area contributed by atoms with E-state index in [-0.39, 0.29) is 5.56 Å². The van der Waals surface area contributed by atoms with Crippen LogP contribution in [0.25, 0.3) is 22.0 Å². The molecule has 7 nitrogen and oxygen atoms in total. The minimum atomic E-state index is -1.54. The molecule has 2 heterocycles. The molecule has 4 unspecified atom stereocenters. The molecule has 1 aliphatic heterocycles. The lowest BCUT2D eigenvalue weighted by Crippen LogP contribution is -2.58. The number of ether oxygens (including phenoxy) is 1. The van der Waals surface area contributed by atoms with E-state index in [1.807, 2.05) is 0 Å². The Morgan fingerprint density at radius 1 is 1.07 bits per heavy atom. The molecular weight excluding hydrogens is 398 g/mol. The molecule has 9 heteroatoms. The van der Waals surface area contributed by atoms with E-state index in [1.165, 1.54) is 12.3 Å². The first-order valence-corrected chi connectivity index (χ1v) is 9.13. The van der Waals surface area contributed by atoms with Gasteiger partial charge in [-0.2, -0.15) is 5.10 Å². The third-order valence-corrected chi connectivity index (χ3v) is 5.03. The fourth-order valence-electron chi connectivity index (χ4n) is 3.40. The number of rotatable bonds is 2. The van der Waals surface area contributed by atoms with Gasteiger partial charge in [0.05, 0.1) is 23.9 Å². The summed E-state index contributed by atoms with van der Waals surface area (Å²) in [6.45, 7) is -0.562. The highest BCUT2D eigenvalue weighted by Crippen LogP contribution is 2.29. The van der Waals surface area contributed by atoms with Gasteiger partial charge >= 0.3 is 0 Å². The Labute approximate surface area is 169 Å². The second-order valence-electron chi connectivity index (χ2n) is 7.00. The summed E-state index contributed by atoms with van der Waals surface area (Å²) in [7, 11) is 0. The first-order valence-electron chi connectivity index (χ1n) is 9.13. The fourth-order valence-corrected chi connectivity index (χ4v) is 3.40. The maximum absolute atomic E-state index is 14.3. The fraction of sp³-hybridized carbons (Fsp3) is 0.286. The standard InChI is InChI=1S/C21H18F2N2O5/c22-13-2-3-14(15(23)7-13)11-5-10(18-12(6-11)8-24-25-18)1-4-16-19(27)21(29)20(28)17(9-26)30-16/h2-3,5-8,16-17,19-21,26-29H,9H2,(H,24,25)/t16?,17?,19?,20-,21?/m1/s1. The van der Waals surface area contributed by atoms with E-state index in [9.17, 15) is 29.2 Å². The normalized spacial score (nSPS) is 26.4. The maximum Gasteiger partial charge on any atom is 0.147 e. The molecule has 5 N–H and O–H groups in total. The van der Waals surface area contributed by atoms with Crippen molar-refractivity contribution in [2.24, 2.45) is 0 Å². The van der Waals surface area contributed by atoms with Crippen molar-refractivity contribution in [3.8, 4) is 23.0 Å². The van der Waals surface area contributed by atoms with Gasteiger partial charge in [-0.15, -0.1) is 0 Å². The Balaban J connectivity index is 1.74. The van der Waals surface area contributed by atoms with Gasteiger partial charge in [0.25, 0.3) is 0 Å². The summed E-state index contributed by atoms with van der Waals surface area (Å²) in [6, 6.07) is 6.51. The number of benzene rings is 2. The maximum atomic E-state index is 14.3. The summed E-state index contributed by atoms with van der Waals surface area (Å²) in [6.07, 6.45) is -5.24. The molecule has 156 valence electrons. The lowest BCUT2D eigenvalue weighted by Gasteiger charge is -2.37. The average molecular weight is 416 g/mol. The number of aliphatic hydroxyl groups is 4. The summed E-state index contributed by atoms with van der Waals surface area (Å²) in [5, 5.41) is 46.6. The van der Waals surface area contributed by atoms with Crippen LogP contribution < -0.4 is 0 Å². The van der Waals surface area contributed by atoms with Crippen molar-refractivity contribution in [3.63, 3.8) is 0 Å². The van der Waals surface area contributed by atoms with E-state index in [2.05, 4.69) is 22.0 Å². The SMILES string of the molecule is OCC1OC(C#Cc2cc(-c3ccc(F)cc3F)cc3cn[nH]c23)C(O)C(O)[C@@H]1O. The number of halogens is 2. The molecule has 1 aliphatic rings. The van der Waals surface area contributed by atoms with Crippen LogP contribution in [0.2, 0.25) is 0 Å². The van der Waals surface area contributed by atoms with E-state index in [0.717, 1.165) is 12.1 Å². The van der Waals surface area contributed by atoms with Gasteiger partial charge in [0.1, 0.15) is 42.2 Å². The molecule has 3 aromatic rings. The molecule has 1 fully saturated rings. The number of fused-ring (bicyclic) bond motifs is 1. The summed E-state index contributed by atoms with van der Waals surface area (Å²) in [4.78, 5) is 0. The minimum absolute atomic E-state index is 0.176. The zero-order valence-electron chi connectivity index (χ0n) is 15.5. The third-order valence-electron chi connectivity index (χ3n) is 5.03. The highest BCUT2D eigenvalue weighted by molar-refractivity contribution is 5.89. The van der Waals surface area contributed by atoms with Crippen molar-refractivity contribution in [1.82, 2.24) is 10.2 Å². The summed E-state index contributed by atoms with van der Waals surface area (Å²) in [5.74, 6) is 4.08. The lowest BCUT2D eigenvalue weighted by molar-refractivity contribution is -0.214. The van der Waals surface area contributed by atoms with E-state index < -0.39 is 48.8 Å². The number of aromatic amines is 1. The second-order valence-corrected chi connectivity index (χ2v) is 7.00. The minimum Gasteiger partial charge on any atom is -0.394 e. The van der Waals surface area contributed by atoms with Gasteiger partial charge in [-0.05, 0) is 29.8 Å². The van der Waals surface area contributed by atoms with Crippen LogP contribution in [0.3, 0.4) is 0 Å². The van der Waals surface area contributed by atoms with E-state index >= 15 is 0 Å². The Kier molecular flexibility index (Phi) is 5.51. The monoisotopic (exact) mass is 416 g/mol. The van der Waals surface area contributed by atoms with Gasteiger partial charge in [0.2, 0.25) is 0 Å². The Hall–Kier alpha value is -2.87. The van der Waals surface area contributed by atoms with Crippen LogP contribution in [0.4, 0.5) is 8.78 Å². The van der Waals surface area contributed by atoms with Crippen LogP contribution in [0.15, 0.2) is 36.5 Å². The highest BCUT2D eigenvalue weighted by atomic mass is 19.1. The lowest BCUT2D eigenvalue weighted by atomic mass is 9.95. The topological polar surface area (TPSA) is 119 Å². The number of aromatic nitrogens is 2. The van der Waals surface area contributed by atoms with E-state index in [1.54, 1.807) is 12.1 Å². The molecule has 0 radical (unpaired) electrons. The number of hydrogen-bond acceptors (Lipinski definition) is 6. The molecule has 0 bridgehead atoms. The summed E-state index contributed by atoms with van der Waals surface area (Å²) < 4.78 is 32.9. The van der Waals surface area contributed by atoms with Crippen LogP contribution in [0.5, 0.6) is 0 Å². The third kappa shape index (κ3) is 3.67. The predicted molar refractivity (Wildman–Crippen MR) is 102 cm³/mol. The molecule has 0 amide bonds. The molecule has 0 aliphatic carbocycles. The molecule has 2 aromatic carbocycles. The van der Waals surface area contributed by atoms with Crippen LogP contribution in [0, 0.1) is 23.5 Å². The molecule has 0 saturated carbocycles. The molecule has 1 saturated heterocycles. The van der Waals surface area contributed by atoms with Crippen molar-refractivity contribution in [3.05, 3.63) is 53.7 Å². The van der Waals surface area contributed by atoms with Crippen molar-refractivity contribution >= 4 is 10.9 Å². The highest BCUT2D eigenvalue weighted by Gasteiger charge is 2.42. The van der Waals surface area contributed by atoms with Crippen molar-refractivity contribution in [2.45, 2.75) is 30.5 Å². The van der Waals surface area contributed by atoms with Gasteiger partial charge in [-0.25, -0.2) is 8.78 Å². The number of hydrogen-bond donors (Lipinski definition) is 5. The van der Waals surface area contributed by atoms with Crippen LogP contribution in [-0.2, 0) is 4.74 Å². The molecule has 30 heavy (non-hydrogen) atoms. The summed E-state index contributed by atoms with van der Waals surface area (Å²) >= 11 is 0. The van der Waals surface area contributed by atoms with Crippen LogP contribution in [0.1, 0.15) is 5.56 Å². The Morgan fingerprint density at radius 3 is 2.60 bits per heavy atom. The Morgan fingerprint density at radius 2 is 1.87 bits per heavy atom. The van der Waals surface area contributed by atoms with Gasteiger partial charge in [-0.3, -0.25) is 5.10 Å². The quantitative estimate of drug-likeness (QED) is 0.393. The molecular formula is C21H18F2N2O5. The molecule has 0 spiro atoms. The van der Waals surface area contributed by atoms with Gasteiger partial charge < -0.3 is 25.2 Å². The second kappa shape index (κ2) is 8.10. The number of H-pyrrole nitrogens is 1. The van der Waals surface area contributed by atoms with Crippen molar-refractivity contribution in [2.75, 3.05) is 6.61 Å². The first-order chi connectivity index (χ1) is 14.4. The smallest absolute Gasteiger partial charge is 0.147 e. The first kappa shape index (κ1) is 20.4. The predicted octanol–water partition coefficient (Wildman–Crippen LogP) is 0.702. The van der Waals surface area contributed by atoms with Gasteiger partial charge in [0, 0.05) is 17.0 Å². The van der Waals surface area contributed by atoms with E-state index in [0.29, 0.717) is 22.0 Å². The van der Waals surface area contributed by atoms with E-state index in [4.69, 9.17) is 4.74 Å². The van der Waals surface area contributed by atoms with Crippen LogP contribution in [-0.4, -0.2) is 67.8 Å². The van der Waals surface area contributed by atoms with Gasteiger partial charge in [0.15, 0.2) is 0 Å². The molecule has 4 rings (SSSR count). The zero-order chi connectivity index (χ0) is 21.4. The van der Waals surface area contributed by atoms with Crippen molar-refractivity contribution < 1.29 is 33.9 Å². The zero-order valence-corrected chi connectivity index (χ0v) is 15.5. The largest absolute Gasteiger partial charge is 0.394 e. The molecule has 5 atom stereocenters. The number of aliphatic hydroxyl groups excluding tert-OH is 4. The average Bonchev–Trinajstić information content (AvgIpc) is 3.20. The number of nitrogens with one attached hydrogen (secondary N) is 1. The van der Waals surface area contributed by atoms with Crippen molar-refractivity contribution in [1.29, 1.82) is 0 Å². The Bertz CT molecular complexity index is 1140. The van der Waals surface area contributed by atoms with Crippen LogP contribution >= 0.6 is 0 Å². The number of nitrogens with zero attached hydrogens (tertiary/aromatic N) is 1. The summed E-state index contributed by atoms with van der Waals surface area (Å²) in [5.41, 5.74) is 1.58.